The maximum Gasteiger partial charge on any atom is 0.162 e. The molecule has 0 amide bonds. The quantitative estimate of drug-likeness (QED) is 0.377. The maximum atomic E-state index is 5.76. The van der Waals surface area contributed by atoms with Crippen LogP contribution < -0.4 is 11.5 Å². The van der Waals surface area contributed by atoms with E-state index in [4.69, 9.17) is 20.9 Å². The summed E-state index contributed by atoms with van der Waals surface area (Å²) in [7, 11) is 0. The summed E-state index contributed by atoms with van der Waals surface area (Å²) in [6.45, 7) is 7.11. The van der Waals surface area contributed by atoms with Crippen LogP contribution in [-0.2, 0) is 9.47 Å². The lowest BCUT2D eigenvalue weighted by Gasteiger charge is -2.25. The van der Waals surface area contributed by atoms with Gasteiger partial charge in [-0.3, -0.25) is 0 Å². The second-order valence-electron chi connectivity index (χ2n) is 5.50. The first-order chi connectivity index (χ1) is 9.12. The van der Waals surface area contributed by atoms with E-state index >= 15 is 0 Å². The Hall–Kier alpha value is -0.160. The van der Waals surface area contributed by atoms with Crippen LogP contribution in [0.15, 0.2) is 0 Å². The third kappa shape index (κ3) is 14.1. The minimum atomic E-state index is -0.457. The molecule has 0 radical (unpaired) electrons. The molecule has 0 saturated heterocycles. The second kappa shape index (κ2) is 12.9. The number of hydrogen-bond donors (Lipinski definition) is 2. The molecule has 0 aromatic heterocycles. The Kier molecular flexibility index (Phi) is 12.7. The Morgan fingerprint density at radius 2 is 1.00 bits per heavy atom. The zero-order chi connectivity index (χ0) is 14.4. The second-order valence-corrected chi connectivity index (χ2v) is 5.50. The van der Waals surface area contributed by atoms with Gasteiger partial charge in [0.1, 0.15) is 0 Å². The van der Waals surface area contributed by atoms with Gasteiger partial charge >= 0.3 is 0 Å². The fourth-order valence-electron chi connectivity index (χ4n) is 1.88. The molecule has 4 heteroatoms. The first-order valence-electron chi connectivity index (χ1n) is 7.80. The van der Waals surface area contributed by atoms with Gasteiger partial charge in [-0.05, 0) is 52.6 Å². The van der Waals surface area contributed by atoms with Gasteiger partial charge in [-0.2, -0.15) is 0 Å². The predicted molar refractivity (Wildman–Crippen MR) is 81.0 cm³/mol. The smallest absolute Gasteiger partial charge is 0.162 e. The molecule has 116 valence electrons. The highest BCUT2D eigenvalue weighted by atomic mass is 16.7. The van der Waals surface area contributed by atoms with Gasteiger partial charge in [0, 0.05) is 13.2 Å². The van der Waals surface area contributed by atoms with Crippen molar-refractivity contribution in [1.82, 2.24) is 0 Å². The van der Waals surface area contributed by atoms with Crippen molar-refractivity contribution in [2.45, 2.75) is 71.0 Å². The van der Waals surface area contributed by atoms with Gasteiger partial charge in [0.25, 0.3) is 0 Å². The van der Waals surface area contributed by atoms with E-state index in [1.807, 2.05) is 13.8 Å². The molecule has 0 saturated carbocycles. The first kappa shape index (κ1) is 18.8. The van der Waals surface area contributed by atoms with Crippen LogP contribution in [0, 0.1) is 0 Å². The highest BCUT2D eigenvalue weighted by molar-refractivity contribution is 4.55. The van der Waals surface area contributed by atoms with Crippen molar-refractivity contribution in [3.63, 3.8) is 0 Å². The number of nitrogens with two attached hydrogens (primary N) is 2. The lowest BCUT2D eigenvalue weighted by atomic mass is 10.2. The van der Waals surface area contributed by atoms with Crippen LogP contribution in [0.5, 0.6) is 0 Å². The Bertz CT molecular complexity index is 169. The average molecular weight is 274 g/mol. The molecular formula is C15H34N2O2. The summed E-state index contributed by atoms with van der Waals surface area (Å²) in [5, 5.41) is 0. The van der Waals surface area contributed by atoms with Gasteiger partial charge in [0.05, 0.1) is 0 Å². The Morgan fingerprint density at radius 1 is 0.632 bits per heavy atom. The summed E-state index contributed by atoms with van der Waals surface area (Å²) in [6, 6.07) is 0. The van der Waals surface area contributed by atoms with E-state index in [9.17, 15) is 0 Å². The Balaban J connectivity index is 3.36. The van der Waals surface area contributed by atoms with E-state index in [0.717, 1.165) is 52.0 Å². The molecule has 0 spiro atoms. The zero-order valence-corrected chi connectivity index (χ0v) is 13.0. The van der Waals surface area contributed by atoms with Gasteiger partial charge < -0.3 is 20.9 Å². The van der Waals surface area contributed by atoms with E-state index in [1.54, 1.807) is 0 Å². The van der Waals surface area contributed by atoms with Crippen molar-refractivity contribution in [1.29, 1.82) is 0 Å². The topological polar surface area (TPSA) is 70.5 Å². The number of hydrogen-bond acceptors (Lipinski definition) is 4. The maximum absolute atomic E-state index is 5.76. The summed E-state index contributed by atoms with van der Waals surface area (Å²) in [5.74, 6) is -0.457. The number of ether oxygens (including phenoxy) is 2. The highest BCUT2D eigenvalue weighted by Crippen LogP contribution is 2.14. The van der Waals surface area contributed by atoms with E-state index in [2.05, 4.69) is 0 Å². The minimum Gasteiger partial charge on any atom is -0.351 e. The molecule has 0 atom stereocenters. The molecule has 0 aliphatic heterocycles. The normalized spacial score (nSPS) is 12.0. The van der Waals surface area contributed by atoms with Gasteiger partial charge in [-0.25, -0.2) is 0 Å². The fourth-order valence-corrected chi connectivity index (χ4v) is 1.88. The average Bonchev–Trinajstić information content (AvgIpc) is 2.38. The van der Waals surface area contributed by atoms with Crippen LogP contribution in [0.25, 0.3) is 0 Å². The Morgan fingerprint density at radius 3 is 1.37 bits per heavy atom. The molecule has 0 aromatic carbocycles. The molecule has 0 fully saturated rings. The molecule has 0 unspecified atom stereocenters. The molecule has 0 rings (SSSR count). The van der Waals surface area contributed by atoms with Gasteiger partial charge in [-0.15, -0.1) is 0 Å². The number of rotatable bonds is 14. The highest BCUT2D eigenvalue weighted by Gasteiger charge is 2.17. The van der Waals surface area contributed by atoms with Gasteiger partial charge in [0.2, 0.25) is 0 Å². The summed E-state index contributed by atoms with van der Waals surface area (Å²) in [5.41, 5.74) is 10.9. The van der Waals surface area contributed by atoms with E-state index in [-0.39, 0.29) is 0 Å². The van der Waals surface area contributed by atoms with Crippen molar-refractivity contribution in [3.05, 3.63) is 0 Å². The fraction of sp³-hybridized carbons (Fsp3) is 1.00. The summed E-state index contributed by atoms with van der Waals surface area (Å²) in [6.07, 6.45) is 9.17. The third-order valence-electron chi connectivity index (χ3n) is 3.10. The van der Waals surface area contributed by atoms with Crippen molar-refractivity contribution in [2.75, 3.05) is 26.3 Å². The molecule has 0 bridgehead atoms. The summed E-state index contributed by atoms with van der Waals surface area (Å²) in [4.78, 5) is 0. The molecule has 0 heterocycles. The molecule has 4 N–H and O–H groups in total. The van der Waals surface area contributed by atoms with Crippen LogP contribution in [0.1, 0.15) is 65.2 Å². The summed E-state index contributed by atoms with van der Waals surface area (Å²) >= 11 is 0. The van der Waals surface area contributed by atoms with Crippen molar-refractivity contribution < 1.29 is 9.47 Å². The molecule has 0 aromatic rings. The first-order valence-corrected chi connectivity index (χ1v) is 7.80. The van der Waals surface area contributed by atoms with E-state index < -0.39 is 5.79 Å². The molecule has 0 aliphatic carbocycles. The minimum absolute atomic E-state index is 0.457. The van der Waals surface area contributed by atoms with Crippen molar-refractivity contribution in [2.24, 2.45) is 11.5 Å². The SMILES string of the molecule is CC(C)(OCCCCCCN)OCCCCCCN. The van der Waals surface area contributed by atoms with Crippen molar-refractivity contribution >= 4 is 0 Å². The molecular weight excluding hydrogens is 240 g/mol. The molecule has 19 heavy (non-hydrogen) atoms. The van der Waals surface area contributed by atoms with Crippen LogP contribution in [0.3, 0.4) is 0 Å². The van der Waals surface area contributed by atoms with E-state index in [1.165, 1.54) is 25.7 Å². The number of unbranched alkanes of at least 4 members (excludes halogenated alkanes) is 6. The van der Waals surface area contributed by atoms with Crippen LogP contribution >= 0.6 is 0 Å². The molecule has 4 nitrogen and oxygen atoms in total. The summed E-state index contributed by atoms with van der Waals surface area (Å²) < 4.78 is 11.5. The van der Waals surface area contributed by atoms with Crippen LogP contribution in [-0.4, -0.2) is 32.1 Å². The third-order valence-corrected chi connectivity index (χ3v) is 3.10. The van der Waals surface area contributed by atoms with E-state index in [0.29, 0.717) is 0 Å². The van der Waals surface area contributed by atoms with Crippen molar-refractivity contribution in [3.8, 4) is 0 Å². The lowest BCUT2D eigenvalue weighted by Crippen LogP contribution is -2.29. The molecule has 0 aliphatic rings. The Labute approximate surface area is 119 Å². The largest absolute Gasteiger partial charge is 0.351 e. The predicted octanol–water partition coefficient (Wildman–Crippen LogP) is 2.79. The zero-order valence-electron chi connectivity index (χ0n) is 13.0. The van der Waals surface area contributed by atoms with Crippen LogP contribution in [0.2, 0.25) is 0 Å². The van der Waals surface area contributed by atoms with Gasteiger partial charge in [-0.1, -0.05) is 25.7 Å². The van der Waals surface area contributed by atoms with Gasteiger partial charge in [0.15, 0.2) is 5.79 Å². The van der Waals surface area contributed by atoms with Crippen LogP contribution in [0.4, 0.5) is 0 Å². The lowest BCUT2D eigenvalue weighted by molar-refractivity contribution is -0.214. The monoisotopic (exact) mass is 274 g/mol. The standard InChI is InChI=1S/C15H34N2O2/c1-15(2,18-13-9-5-3-7-11-16)19-14-10-6-4-8-12-17/h3-14,16-17H2,1-2H3.